The van der Waals surface area contributed by atoms with E-state index in [-0.39, 0.29) is 5.91 Å². The van der Waals surface area contributed by atoms with Crippen molar-refractivity contribution in [3.63, 3.8) is 0 Å². The third-order valence-corrected chi connectivity index (χ3v) is 3.48. The fourth-order valence-electron chi connectivity index (χ4n) is 2.31. The van der Waals surface area contributed by atoms with Gasteiger partial charge in [0, 0.05) is 13.2 Å². The van der Waals surface area contributed by atoms with E-state index in [2.05, 4.69) is 5.32 Å². The fourth-order valence-corrected chi connectivity index (χ4v) is 2.31. The van der Waals surface area contributed by atoms with Crippen molar-refractivity contribution in [2.45, 2.75) is 37.8 Å². The predicted octanol–water partition coefficient (Wildman–Crippen LogP) is 1.76. The smallest absolute Gasteiger partial charge is 0.241 e. The summed E-state index contributed by atoms with van der Waals surface area (Å²) in [7, 11) is 0. The summed E-state index contributed by atoms with van der Waals surface area (Å²) < 4.78 is 5.62. The van der Waals surface area contributed by atoms with Gasteiger partial charge in [-0.05, 0) is 31.2 Å². The van der Waals surface area contributed by atoms with Crippen molar-refractivity contribution >= 4 is 5.91 Å². The zero-order valence-corrected chi connectivity index (χ0v) is 11.2. The van der Waals surface area contributed by atoms with Crippen molar-refractivity contribution in [2.24, 2.45) is 5.73 Å². The maximum atomic E-state index is 11.9. The zero-order valence-electron chi connectivity index (χ0n) is 11.2. The Morgan fingerprint density at radius 3 is 2.84 bits per heavy atom. The molecule has 104 valence electrons. The normalized spacial score (nSPS) is 20.8. The average Bonchev–Trinajstić information content (AvgIpc) is 2.48. The van der Waals surface area contributed by atoms with Gasteiger partial charge in [0.15, 0.2) is 0 Å². The average molecular weight is 262 g/mol. The summed E-state index contributed by atoms with van der Waals surface area (Å²) in [5.74, 6) is -0.123. The van der Waals surface area contributed by atoms with E-state index in [1.807, 2.05) is 30.3 Å². The Morgan fingerprint density at radius 2 is 2.16 bits per heavy atom. The first kappa shape index (κ1) is 14.0. The molecule has 0 radical (unpaired) electrons. The highest BCUT2D eigenvalue weighted by molar-refractivity contribution is 5.82. The van der Waals surface area contributed by atoms with E-state index in [9.17, 15) is 4.79 Å². The fraction of sp³-hybridized carbons (Fsp3) is 0.533. The van der Waals surface area contributed by atoms with Crippen LogP contribution in [0.2, 0.25) is 0 Å². The number of carbonyl (C=O) groups is 1. The molecule has 1 aliphatic heterocycles. The molecule has 3 N–H and O–H groups in total. The minimum Gasteiger partial charge on any atom is -0.378 e. The lowest BCUT2D eigenvalue weighted by Gasteiger charge is -2.22. The van der Waals surface area contributed by atoms with Gasteiger partial charge >= 0.3 is 0 Å². The van der Waals surface area contributed by atoms with Gasteiger partial charge < -0.3 is 15.8 Å². The number of rotatable bonds is 5. The molecule has 2 atom stereocenters. The second kappa shape index (κ2) is 7.26. The molecule has 0 aromatic heterocycles. The summed E-state index contributed by atoms with van der Waals surface area (Å²) in [5, 5.41) is 2.88. The number of hydrogen-bond donors (Lipinski definition) is 2. The number of ether oxygens (including phenoxy) is 1. The maximum Gasteiger partial charge on any atom is 0.241 e. The molecule has 1 fully saturated rings. The van der Waals surface area contributed by atoms with Crippen molar-refractivity contribution in [3.05, 3.63) is 35.9 Å². The lowest BCUT2D eigenvalue weighted by Crippen LogP contribution is -2.36. The van der Waals surface area contributed by atoms with E-state index in [4.69, 9.17) is 10.5 Å². The van der Waals surface area contributed by atoms with Crippen LogP contribution >= 0.6 is 0 Å². The van der Waals surface area contributed by atoms with Gasteiger partial charge in [-0.3, -0.25) is 4.79 Å². The molecule has 1 aromatic rings. The molecule has 0 bridgehead atoms. The predicted molar refractivity (Wildman–Crippen MR) is 74.6 cm³/mol. The topological polar surface area (TPSA) is 64.4 Å². The summed E-state index contributed by atoms with van der Waals surface area (Å²) in [6.07, 6.45) is 4.64. The van der Waals surface area contributed by atoms with Gasteiger partial charge in [0.1, 0.15) is 6.04 Å². The molecular weight excluding hydrogens is 240 g/mol. The SMILES string of the molecule is N[C@H](C(=O)NCCC1CCCCO1)c1ccccc1. The molecule has 1 heterocycles. The summed E-state index contributed by atoms with van der Waals surface area (Å²) in [6, 6.07) is 8.84. The van der Waals surface area contributed by atoms with Crippen molar-refractivity contribution in [1.82, 2.24) is 5.32 Å². The van der Waals surface area contributed by atoms with Crippen LogP contribution in [0, 0.1) is 0 Å². The monoisotopic (exact) mass is 262 g/mol. The first-order valence-electron chi connectivity index (χ1n) is 6.97. The van der Waals surface area contributed by atoms with Crippen molar-refractivity contribution in [1.29, 1.82) is 0 Å². The van der Waals surface area contributed by atoms with Crippen LogP contribution in [0.3, 0.4) is 0 Å². The third kappa shape index (κ3) is 4.33. The van der Waals surface area contributed by atoms with Gasteiger partial charge in [0.25, 0.3) is 0 Å². The molecular formula is C15H22N2O2. The minimum absolute atomic E-state index is 0.123. The number of carbonyl (C=O) groups excluding carboxylic acids is 1. The van der Waals surface area contributed by atoms with Crippen LogP contribution in [-0.2, 0) is 9.53 Å². The highest BCUT2D eigenvalue weighted by atomic mass is 16.5. The number of benzene rings is 1. The summed E-state index contributed by atoms with van der Waals surface area (Å²) in [4.78, 5) is 11.9. The number of hydrogen-bond acceptors (Lipinski definition) is 3. The Morgan fingerprint density at radius 1 is 1.37 bits per heavy atom. The highest BCUT2D eigenvalue weighted by Gasteiger charge is 2.17. The van der Waals surface area contributed by atoms with Gasteiger partial charge in [0.2, 0.25) is 5.91 Å². The molecule has 0 saturated carbocycles. The standard InChI is InChI=1S/C15H22N2O2/c16-14(12-6-2-1-3-7-12)15(18)17-10-9-13-8-4-5-11-19-13/h1-3,6-7,13-14H,4-5,8-11,16H2,(H,17,18)/t13?,14-/m0/s1. The number of nitrogens with two attached hydrogens (primary N) is 1. The van der Waals surface area contributed by atoms with E-state index < -0.39 is 6.04 Å². The molecule has 4 nitrogen and oxygen atoms in total. The van der Waals surface area contributed by atoms with Crippen LogP contribution in [0.15, 0.2) is 30.3 Å². The summed E-state index contributed by atoms with van der Waals surface area (Å²) >= 11 is 0. The van der Waals surface area contributed by atoms with E-state index in [1.165, 1.54) is 6.42 Å². The van der Waals surface area contributed by atoms with Crippen LogP contribution in [0.25, 0.3) is 0 Å². The maximum absolute atomic E-state index is 11.9. The van der Waals surface area contributed by atoms with Gasteiger partial charge in [-0.25, -0.2) is 0 Å². The van der Waals surface area contributed by atoms with E-state index in [1.54, 1.807) is 0 Å². The molecule has 1 unspecified atom stereocenters. The van der Waals surface area contributed by atoms with Crippen LogP contribution in [0.5, 0.6) is 0 Å². The molecule has 4 heteroatoms. The minimum atomic E-state index is -0.589. The van der Waals surface area contributed by atoms with E-state index in [0.717, 1.165) is 31.4 Å². The quantitative estimate of drug-likeness (QED) is 0.850. The van der Waals surface area contributed by atoms with Crippen molar-refractivity contribution in [3.8, 4) is 0 Å². The third-order valence-electron chi connectivity index (χ3n) is 3.48. The number of nitrogens with one attached hydrogen (secondary N) is 1. The van der Waals surface area contributed by atoms with Crippen LogP contribution < -0.4 is 11.1 Å². The van der Waals surface area contributed by atoms with Crippen molar-refractivity contribution in [2.75, 3.05) is 13.2 Å². The molecule has 1 aliphatic rings. The Kier molecular flexibility index (Phi) is 5.36. The first-order valence-corrected chi connectivity index (χ1v) is 6.97. The van der Waals surface area contributed by atoms with E-state index >= 15 is 0 Å². The van der Waals surface area contributed by atoms with Crippen LogP contribution in [-0.4, -0.2) is 25.2 Å². The van der Waals surface area contributed by atoms with E-state index in [0.29, 0.717) is 12.6 Å². The van der Waals surface area contributed by atoms with Gasteiger partial charge in [-0.1, -0.05) is 30.3 Å². The molecule has 1 saturated heterocycles. The molecule has 19 heavy (non-hydrogen) atoms. The van der Waals surface area contributed by atoms with Crippen LogP contribution in [0.1, 0.15) is 37.3 Å². The molecule has 0 aliphatic carbocycles. The lowest BCUT2D eigenvalue weighted by molar-refractivity contribution is -0.122. The summed E-state index contributed by atoms with van der Waals surface area (Å²) in [6.45, 7) is 1.48. The van der Waals surface area contributed by atoms with Crippen LogP contribution in [0.4, 0.5) is 0 Å². The Bertz CT molecular complexity index is 388. The Balaban J connectivity index is 1.72. The molecule has 0 spiro atoms. The van der Waals surface area contributed by atoms with Crippen molar-refractivity contribution < 1.29 is 9.53 Å². The number of amides is 1. The first-order chi connectivity index (χ1) is 9.27. The largest absolute Gasteiger partial charge is 0.378 e. The summed E-state index contributed by atoms with van der Waals surface area (Å²) in [5.41, 5.74) is 6.76. The second-order valence-electron chi connectivity index (χ2n) is 4.96. The Labute approximate surface area is 114 Å². The Hall–Kier alpha value is -1.39. The molecule has 2 rings (SSSR count). The second-order valence-corrected chi connectivity index (χ2v) is 4.96. The molecule has 1 amide bonds. The molecule has 1 aromatic carbocycles. The highest BCUT2D eigenvalue weighted by Crippen LogP contribution is 2.15. The van der Waals surface area contributed by atoms with Gasteiger partial charge in [0.05, 0.1) is 6.10 Å². The zero-order chi connectivity index (χ0) is 13.5. The van der Waals surface area contributed by atoms with Gasteiger partial charge in [-0.2, -0.15) is 0 Å². The lowest BCUT2D eigenvalue weighted by atomic mass is 10.1. The van der Waals surface area contributed by atoms with Gasteiger partial charge in [-0.15, -0.1) is 0 Å².